The van der Waals surface area contributed by atoms with Gasteiger partial charge in [-0.3, -0.25) is 15.1 Å². The van der Waals surface area contributed by atoms with Gasteiger partial charge in [-0.05, 0) is 54.1 Å². The molecule has 182 valence electrons. The Labute approximate surface area is 202 Å². The van der Waals surface area contributed by atoms with Crippen molar-refractivity contribution in [2.24, 2.45) is 0 Å². The number of nitro benzene ring substituents is 1. The number of hydrogen-bond donors (Lipinski definition) is 2. The number of nitro groups is 1. The Hall–Kier alpha value is -5.00. The van der Waals surface area contributed by atoms with Gasteiger partial charge in [0.05, 0.1) is 10.6 Å². The second-order valence-electron chi connectivity index (χ2n) is 7.34. The van der Waals surface area contributed by atoms with Crippen molar-refractivity contribution in [1.29, 1.82) is 0 Å². The number of halogens is 3. The summed E-state index contributed by atoms with van der Waals surface area (Å²) < 4.78 is 44.0. The first-order valence-electron chi connectivity index (χ1n) is 10.3. The molecule has 0 saturated heterocycles. The number of anilines is 3. The Morgan fingerprint density at radius 3 is 2.33 bits per heavy atom. The molecule has 2 heterocycles. The van der Waals surface area contributed by atoms with E-state index in [4.69, 9.17) is 10.5 Å². The molecule has 0 bridgehead atoms. The minimum atomic E-state index is -4.57. The zero-order chi connectivity index (χ0) is 25.7. The Morgan fingerprint density at radius 1 is 0.944 bits per heavy atom. The third kappa shape index (κ3) is 6.32. The highest BCUT2D eigenvalue weighted by Gasteiger charge is 2.32. The van der Waals surface area contributed by atoms with Crippen LogP contribution in [-0.2, 0) is 6.18 Å². The molecule has 2 aromatic heterocycles. The van der Waals surface area contributed by atoms with Crippen molar-refractivity contribution in [3.05, 3.63) is 100.0 Å². The van der Waals surface area contributed by atoms with Crippen LogP contribution >= 0.6 is 0 Å². The third-order valence-electron chi connectivity index (χ3n) is 4.70. The van der Waals surface area contributed by atoms with E-state index in [1.165, 1.54) is 18.2 Å². The molecule has 9 nitrogen and oxygen atoms in total. The Bertz CT molecular complexity index is 1410. The molecule has 0 aliphatic heterocycles. The zero-order valence-electron chi connectivity index (χ0n) is 18.3. The molecule has 0 radical (unpaired) electrons. The van der Waals surface area contributed by atoms with Gasteiger partial charge >= 0.3 is 6.18 Å². The van der Waals surface area contributed by atoms with E-state index in [1.807, 2.05) is 0 Å². The number of rotatable bonds is 7. The van der Waals surface area contributed by atoms with Crippen molar-refractivity contribution in [3.8, 4) is 11.5 Å². The summed E-state index contributed by atoms with van der Waals surface area (Å²) in [4.78, 5) is 21.9. The molecule has 0 atom stereocenters. The Morgan fingerprint density at radius 2 is 1.67 bits per heavy atom. The van der Waals surface area contributed by atoms with E-state index in [-0.39, 0.29) is 17.4 Å². The van der Waals surface area contributed by atoms with Crippen molar-refractivity contribution in [1.82, 2.24) is 15.0 Å². The number of nitrogens with one attached hydrogen (secondary N) is 1. The molecule has 0 saturated carbocycles. The number of pyridine rings is 1. The summed E-state index contributed by atoms with van der Waals surface area (Å²) >= 11 is 0. The van der Waals surface area contributed by atoms with Gasteiger partial charge in [0, 0.05) is 36.1 Å². The first-order valence-corrected chi connectivity index (χ1v) is 10.3. The zero-order valence-corrected chi connectivity index (χ0v) is 18.3. The lowest BCUT2D eigenvalue weighted by molar-refractivity contribution is -0.384. The molecular weight excluding hydrogens is 477 g/mol. The molecule has 2 aromatic carbocycles. The normalized spacial score (nSPS) is 11.4. The van der Waals surface area contributed by atoms with Crippen molar-refractivity contribution >= 4 is 35.3 Å². The Balaban J connectivity index is 1.44. The van der Waals surface area contributed by atoms with E-state index in [9.17, 15) is 23.3 Å². The molecule has 0 amide bonds. The van der Waals surface area contributed by atoms with Crippen LogP contribution in [0.15, 0.2) is 72.9 Å². The third-order valence-corrected chi connectivity index (χ3v) is 4.70. The molecule has 0 aliphatic rings. The average Bonchev–Trinajstić information content (AvgIpc) is 2.83. The lowest BCUT2D eigenvalue weighted by atomic mass is 10.2. The van der Waals surface area contributed by atoms with Gasteiger partial charge in [-0.25, -0.2) is 4.98 Å². The molecular formula is C24H17F3N6O3. The monoisotopic (exact) mass is 494 g/mol. The molecule has 4 aromatic rings. The smallest absolute Gasteiger partial charge is 0.433 e. The standard InChI is InChI=1S/C24H17F3N6O3/c25-24(26,27)21-14-20(11-12-29-21)36-19-9-5-16(6-10-19)30-22-13-17(31-23(28)32-22)4-1-15-2-7-18(8-3-15)33(34)35/h1-14H,(H3,28,30,31,32)/b4-1-. The van der Waals surface area contributed by atoms with Gasteiger partial charge < -0.3 is 15.8 Å². The van der Waals surface area contributed by atoms with E-state index in [0.717, 1.165) is 17.8 Å². The number of nitrogens with two attached hydrogens (primary N) is 1. The highest BCUT2D eigenvalue weighted by Crippen LogP contribution is 2.31. The Kier molecular flexibility index (Phi) is 6.77. The number of aromatic nitrogens is 3. The van der Waals surface area contributed by atoms with Crippen LogP contribution in [0.3, 0.4) is 0 Å². The second-order valence-corrected chi connectivity index (χ2v) is 7.34. The lowest BCUT2D eigenvalue weighted by Crippen LogP contribution is -2.07. The maximum Gasteiger partial charge on any atom is 0.433 e. The van der Waals surface area contributed by atoms with Gasteiger partial charge in [0.25, 0.3) is 5.69 Å². The fourth-order valence-corrected chi connectivity index (χ4v) is 3.04. The summed E-state index contributed by atoms with van der Waals surface area (Å²) in [5.41, 5.74) is 6.62. The van der Waals surface area contributed by atoms with Crippen molar-refractivity contribution in [2.45, 2.75) is 6.18 Å². The summed E-state index contributed by atoms with van der Waals surface area (Å²) in [6.07, 6.45) is -0.125. The number of hydrogen-bond acceptors (Lipinski definition) is 8. The minimum Gasteiger partial charge on any atom is -0.457 e. The average molecular weight is 494 g/mol. The molecule has 4 rings (SSSR count). The van der Waals surface area contributed by atoms with E-state index in [2.05, 4.69) is 20.3 Å². The number of alkyl halides is 3. The number of nitrogens with zero attached hydrogens (tertiary/aromatic N) is 4. The molecule has 0 fully saturated rings. The van der Waals surface area contributed by atoms with E-state index >= 15 is 0 Å². The predicted molar refractivity (Wildman–Crippen MR) is 128 cm³/mol. The van der Waals surface area contributed by atoms with E-state index in [0.29, 0.717) is 22.9 Å². The summed E-state index contributed by atoms with van der Waals surface area (Å²) in [7, 11) is 0. The van der Waals surface area contributed by atoms with E-state index < -0.39 is 16.8 Å². The van der Waals surface area contributed by atoms with Crippen LogP contribution < -0.4 is 15.8 Å². The maximum absolute atomic E-state index is 12.8. The number of benzene rings is 2. The van der Waals surface area contributed by atoms with Crippen molar-refractivity contribution < 1.29 is 22.8 Å². The van der Waals surface area contributed by atoms with Crippen LogP contribution in [-0.4, -0.2) is 19.9 Å². The summed E-state index contributed by atoms with van der Waals surface area (Å²) in [6.45, 7) is 0. The summed E-state index contributed by atoms with van der Waals surface area (Å²) in [6, 6.07) is 16.3. The van der Waals surface area contributed by atoms with Gasteiger partial charge in [0.1, 0.15) is 23.0 Å². The van der Waals surface area contributed by atoms with Crippen LogP contribution in [0.2, 0.25) is 0 Å². The highest BCUT2D eigenvalue weighted by molar-refractivity contribution is 5.71. The van der Waals surface area contributed by atoms with Gasteiger partial charge in [-0.2, -0.15) is 18.2 Å². The number of ether oxygens (including phenoxy) is 1. The summed E-state index contributed by atoms with van der Waals surface area (Å²) in [5, 5.41) is 13.8. The minimum absolute atomic E-state index is 0.00561. The molecule has 3 N–H and O–H groups in total. The fourth-order valence-electron chi connectivity index (χ4n) is 3.04. The maximum atomic E-state index is 12.8. The molecule has 36 heavy (non-hydrogen) atoms. The van der Waals surface area contributed by atoms with Crippen LogP contribution in [0.1, 0.15) is 17.0 Å². The van der Waals surface area contributed by atoms with Gasteiger partial charge in [-0.1, -0.05) is 6.08 Å². The van der Waals surface area contributed by atoms with Gasteiger partial charge in [-0.15, -0.1) is 0 Å². The van der Waals surface area contributed by atoms with Gasteiger partial charge in [0.15, 0.2) is 0 Å². The molecule has 12 heteroatoms. The second kappa shape index (κ2) is 10.1. The van der Waals surface area contributed by atoms with Crippen LogP contribution in [0.4, 0.5) is 36.3 Å². The first-order chi connectivity index (χ1) is 17.2. The summed E-state index contributed by atoms with van der Waals surface area (Å²) in [5.74, 6) is 0.768. The van der Waals surface area contributed by atoms with Crippen molar-refractivity contribution in [3.63, 3.8) is 0 Å². The van der Waals surface area contributed by atoms with E-state index in [1.54, 1.807) is 54.6 Å². The topological polar surface area (TPSA) is 129 Å². The number of nitrogen functional groups attached to an aromatic ring is 1. The molecule has 0 unspecified atom stereocenters. The molecule has 0 aliphatic carbocycles. The fraction of sp³-hybridized carbons (Fsp3) is 0.0417. The number of non-ortho nitro benzene ring substituents is 1. The molecule has 0 spiro atoms. The lowest BCUT2D eigenvalue weighted by Gasteiger charge is -2.10. The quantitative estimate of drug-likeness (QED) is 0.233. The highest BCUT2D eigenvalue weighted by atomic mass is 19.4. The van der Waals surface area contributed by atoms with Crippen LogP contribution in [0, 0.1) is 10.1 Å². The van der Waals surface area contributed by atoms with Crippen LogP contribution in [0.25, 0.3) is 12.2 Å². The largest absolute Gasteiger partial charge is 0.457 e. The van der Waals surface area contributed by atoms with Crippen LogP contribution in [0.5, 0.6) is 11.5 Å². The predicted octanol–water partition coefficient (Wildman–Crippen LogP) is 6.09. The van der Waals surface area contributed by atoms with Gasteiger partial charge in [0.2, 0.25) is 5.95 Å². The van der Waals surface area contributed by atoms with Crippen molar-refractivity contribution in [2.75, 3.05) is 11.1 Å². The SMILES string of the molecule is Nc1nc(/C=C\c2ccc([N+](=O)[O-])cc2)cc(Nc2ccc(Oc3ccnc(C(F)(F)F)c3)cc2)n1. The first kappa shape index (κ1) is 24.1.